The van der Waals surface area contributed by atoms with Gasteiger partial charge in [0.15, 0.2) is 0 Å². The first-order chi connectivity index (χ1) is 10.6. The van der Waals surface area contributed by atoms with Gasteiger partial charge in [0.2, 0.25) is 0 Å². The van der Waals surface area contributed by atoms with Gasteiger partial charge in [0.25, 0.3) is 5.91 Å². The van der Waals surface area contributed by atoms with Crippen molar-refractivity contribution < 1.29 is 14.7 Å². The van der Waals surface area contributed by atoms with Crippen LogP contribution in [0.25, 0.3) is 10.6 Å². The number of hydrogen-bond donors (Lipinski definition) is 1. The molecule has 5 nitrogen and oxygen atoms in total. The monoisotopic (exact) mass is 316 g/mol. The molecule has 1 aliphatic heterocycles. The molecule has 1 atom stereocenters. The van der Waals surface area contributed by atoms with Crippen molar-refractivity contribution in [2.24, 2.45) is 5.92 Å². The molecule has 1 aromatic heterocycles. The summed E-state index contributed by atoms with van der Waals surface area (Å²) in [5.74, 6) is -1.40. The van der Waals surface area contributed by atoms with Crippen molar-refractivity contribution in [3.05, 3.63) is 40.9 Å². The molecule has 1 amide bonds. The van der Waals surface area contributed by atoms with Gasteiger partial charge in [0.05, 0.1) is 11.6 Å². The molecular formula is C16H16N2O3S. The highest BCUT2D eigenvalue weighted by atomic mass is 32.1. The molecule has 1 N–H and O–H groups in total. The third-order valence-corrected chi connectivity index (χ3v) is 5.03. The molecule has 0 saturated carbocycles. The summed E-state index contributed by atoms with van der Waals surface area (Å²) in [5, 5.41) is 9.86. The Morgan fingerprint density at radius 3 is 2.68 bits per heavy atom. The van der Waals surface area contributed by atoms with E-state index in [-0.39, 0.29) is 12.5 Å². The second-order valence-corrected chi connectivity index (χ2v) is 6.37. The number of rotatable bonds is 3. The lowest BCUT2D eigenvalue weighted by atomic mass is 10.1. The first-order valence-corrected chi connectivity index (χ1v) is 7.93. The largest absolute Gasteiger partial charge is 0.481 e. The molecule has 3 rings (SSSR count). The maximum absolute atomic E-state index is 12.6. The number of thiazole rings is 1. The van der Waals surface area contributed by atoms with Gasteiger partial charge in [-0.05, 0) is 13.3 Å². The highest BCUT2D eigenvalue weighted by Crippen LogP contribution is 2.30. The fourth-order valence-electron chi connectivity index (χ4n) is 2.59. The summed E-state index contributed by atoms with van der Waals surface area (Å²) in [6.07, 6.45) is 0.518. The highest BCUT2D eigenvalue weighted by Gasteiger charge is 2.32. The normalized spacial score (nSPS) is 17.7. The Kier molecular flexibility index (Phi) is 3.94. The topological polar surface area (TPSA) is 70.5 Å². The van der Waals surface area contributed by atoms with Crippen molar-refractivity contribution in [2.45, 2.75) is 13.3 Å². The third kappa shape index (κ3) is 2.74. The number of aromatic nitrogens is 1. The van der Waals surface area contributed by atoms with Crippen LogP contribution < -0.4 is 0 Å². The first kappa shape index (κ1) is 14.7. The predicted molar refractivity (Wildman–Crippen MR) is 83.9 cm³/mol. The van der Waals surface area contributed by atoms with E-state index in [2.05, 4.69) is 4.98 Å². The lowest BCUT2D eigenvalue weighted by Crippen LogP contribution is -2.29. The quantitative estimate of drug-likeness (QED) is 0.945. The summed E-state index contributed by atoms with van der Waals surface area (Å²) in [6.45, 7) is 2.60. The zero-order valence-corrected chi connectivity index (χ0v) is 13.0. The second kappa shape index (κ2) is 5.88. The van der Waals surface area contributed by atoms with Gasteiger partial charge in [-0.3, -0.25) is 9.59 Å². The van der Waals surface area contributed by atoms with Crippen LogP contribution in [0.2, 0.25) is 0 Å². The van der Waals surface area contributed by atoms with E-state index in [1.54, 1.807) is 4.90 Å². The van der Waals surface area contributed by atoms with Gasteiger partial charge in [-0.25, -0.2) is 4.98 Å². The van der Waals surface area contributed by atoms with Crippen molar-refractivity contribution in [1.29, 1.82) is 0 Å². The zero-order valence-electron chi connectivity index (χ0n) is 12.2. The van der Waals surface area contributed by atoms with Crippen LogP contribution in [0.5, 0.6) is 0 Å². The first-order valence-electron chi connectivity index (χ1n) is 7.11. The number of carboxylic acid groups (broad SMARTS) is 1. The van der Waals surface area contributed by atoms with E-state index in [1.165, 1.54) is 11.3 Å². The summed E-state index contributed by atoms with van der Waals surface area (Å²) in [7, 11) is 0. The van der Waals surface area contributed by atoms with E-state index in [4.69, 9.17) is 5.11 Å². The number of aryl methyl sites for hydroxylation is 1. The van der Waals surface area contributed by atoms with Gasteiger partial charge in [0.1, 0.15) is 9.88 Å². The lowest BCUT2D eigenvalue weighted by molar-refractivity contribution is -0.141. The summed E-state index contributed by atoms with van der Waals surface area (Å²) in [5.41, 5.74) is 1.69. The molecule has 6 heteroatoms. The van der Waals surface area contributed by atoms with Crippen molar-refractivity contribution in [1.82, 2.24) is 9.88 Å². The van der Waals surface area contributed by atoms with E-state index >= 15 is 0 Å². The molecule has 1 aliphatic rings. The average molecular weight is 316 g/mol. The molecule has 0 aliphatic carbocycles. The van der Waals surface area contributed by atoms with Crippen LogP contribution in [0.4, 0.5) is 0 Å². The fraction of sp³-hybridized carbons (Fsp3) is 0.312. The highest BCUT2D eigenvalue weighted by molar-refractivity contribution is 7.17. The van der Waals surface area contributed by atoms with Crippen LogP contribution in [0.1, 0.15) is 21.8 Å². The average Bonchev–Trinajstić information content (AvgIpc) is 3.14. The molecule has 2 heterocycles. The van der Waals surface area contributed by atoms with Crippen LogP contribution in [0.3, 0.4) is 0 Å². The number of aliphatic carboxylic acids is 1. The lowest BCUT2D eigenvalue weighted by Gasteiger charge is -2.14. The molecule has 1 saturated heterocycles. The molecule has 22 heavy (non-hydrogen) atoms. The van der Waals surface area contributed by atoms with Gasteiger partial charge in [0, 0.05) is 18.7 Å². The molecule has 0 bridgehead atoms. The number of hydrogen-bond acceptors (Lipinski definition) is 4. The van der Waals surface area contributed by atoms with E-state index in [1.807, 2.05) is 37.3 Å². The van der Waals surface area contributed by atoms with Crippen LogP contribution in [0, 0.1) is 12.8 Å². The third-order valence-electron chi connectivity index (χ3n) is 3.84. The van der Waals surface area contributed by atoms with E-state index < -0.39 is 11.9 Å². The van der Waals surface area contributed by atoms with Crippen LogP contribution in [-0.2, 0) is 4.79 Å². The van der Waals surface area contributed by atoms with Gasteiger partial charge < -0.3 is 10.0 Å². The number of carboxylic acids is 1. The summed E-state index contributed by atoms with van der Waals surface area (Å²) in [4.78, 5) is 30.3. The van der Waals surface area contributed by atoms with Gasteiger partial charge in [-0.15, -0.1) is 11.3 Å². The van der Waals surface area contributed by atoms with Crippen molar-refractivity contribution in [2.75, 3.05) is 13.1 Å². The maximum Gasteiger partial charge on any atom is 0.308 e. The second-order valence-electron chi connectivity index (χ2n) is 5.37. The number of benzene rings is 1. The SMILES string of the molecule is Cc1nc(-c2ccccc2)sc1C(=O)N1CC[C@@H](C(=O)O)C1. The van der Waals surface area contributed by atoms with Crippen molar-refractivity contribution >= 4 is 23.2 Å². The van der Waals surface area contributed by atoms with Crippen molar-refractivity contribution in [3.63, 3.8) is 0 Å². The predicted octanol–water partition coefficient (Wildman–Crippen LogP) is 2.67. The van der Waals surface area contributed by atoms with Crippen LogP contribution >= 0.6 is 11.3 Å². The molecule has 1 aromatic carbocycles. The Morgan fingerprint density at radius 1 is 1.32 bits per heavy atom. The molecule has 2 aromatic rings. The zero-order chi connectivity index (χ0) is 15.7. The van der Waals surface area contributed by atoms with Crippen LogP contribution in [0.15, 0.2) is 30.3 Å². The fourth-order valence-corrected chi connectivity index (χ4v) is 3.63. The molecule has 114 valence electrons. The summed E-state index contributed by atoms with van der Waals surface area (Å²) in [6, 6.07) is 9.73. The van der Waals surface area contributed by atoms with Crippen molar-refractivity contribution in [3.8, 4) is 10.6 Å². The minimum absolute atomic E-state index is 0.110. The van der Waals surface area contributed by atoms with Gasteiger partial charge >= 0.3 is 5.97 Å². The molecule has 0 unspecified atom stereocenters. The minimum Gasteiger partial charge on any atom is -0.481 e. The number of carbonyl (C=O) groups excluding carboxylic acids is 1. The van der Waals surface area contributed by atoms with E-state index in [0.717, 1.165) is 10.6 Å². The Morgan fingerprint density at radius 2 is 2.05 bits per heavy atom. The van der Waals surface area contributed by atoms with E-state index in [9.17, 15) is 9.59 Å². The molecule has 0 radical (unpaired) electrons. The van der Waals surface area contributed by atoms with Gasteiger partial charge in [-0.1, -0.05) is 30.3 Å². The van der Waals surface area contributed by atoms with E-state index in [0.29, 0.717) is 23.5 Å². The number of nitrogens with zero attached hydrogens (tertiary/aromatic N) is 2. The van der Waals surface area contributed by atoms with Crippen LogP contribution in [-0.4, -0.2) is 40.0 Å². The molecule has 1 fully saturated rings. The molecule has 0 spiro atoms. The Balaban J connectivity index is 1.82. The Labute approximate surface area is 132 Å². The minimum atomic E-state index is -0.832. The number of likely N-dealkylation sites (tertiary alicyclic amines) is 1. The number of carbonyl (C=O) groups is 2. The Bertz CT molecular complexity index is 711. The summed E-state index contributed by atoms with van der Waals surface area (Å²) < 4.78 is 0. The van der Waals surface area contributed by atoms with Gasteiger partial charge in [-0.2, -0.15) is 0 Å². The smallest absolute Gasteiger partial charge is 0.308 e. The summed E-state index contributed by atoms with van der Waals surface area (Å²) >= 11 is 1.37. The molecular weight excluding hydrogens is 300 g/mol. The Hall–Kier alpha value is -2.21. The standard InChI is InChI=1S/C16H16N2O3S/c1-10-13(15(19)18-8-7-12(9-18)16(20)21)22-14(17-10)11-5-3-2-4-6-11/h2-6,12H,7-9H2,1H3,(H,20,21)/t12-/m1/s1. The number of amides is 1. The maximum atomic E-state index is 12.6.